The number of nitrogens with one attached hydrogen (secondary N) is 1. The molecule has 0 spiro atoms. The minimum Gasteiger partial charge on any atom is -0.346 e. The number of benzene rings is 2. The van der Waals surface area contributed by atoms with Crippen LogP contribution in [0.25, 0.3) is 0 Å². The van der Waals surface area contributed by atoms with Crippen LogP contribution in [0.4, 0.5) is 18.9 Å². The number of nitrogens with zero attached hydrogens (tertiary/aromatic N) is 1. The van der Waals surface area contributed by atoms with Crippen molar-refractivity contribution in [1.29, 1.82) is 0 Å². The minimum absolute atomic E-state index is 0.0328. The second-order valence-electron chi connectivity index (χ2n) is 5.58. The van der Waals surface area contributed by atoms with Crippen molar-refractivity contribution < 1.29 is 18.0 Å². The van der Waals surface area contributed by atoms with Gasteiger partial charge in [0.25, 0.3) is 0 Å². The summed E-state index contributed by atoms with van der Waals surface area (Å²) in [5.74, 6) is -2.44. The third-order valence-electron chi connectivity index (χ3n) is 3.80. The molecule has 3 rings (SSSR count). The van der Waals surface area contributed by atoms with E-state index in [9.17, 15) is 18.0 Å². The van der Waals surface area contributed by atoms with Crippen molar-refractivity contribution in [3.05, 3.63) is 90.0 Å². The average Bonchev–Trinajstić information content (AvgIpc) is 3.09. The summed E-state index contributed by atoms with van der Waals surface area (Å²) in [4.78, 5) is 12.3. The number of aromatic nitrogens is 1. The molecular formula is C19H15F3N2O. The van der Waals surface area contributed by atoms with Crippen LogP contribution in [-0.2, 0) is 4.79 Å². The normalized spacial score (nSPS) is 12.0. The molecule has 0 unspecified atom stereocenters. The number of hydrogen-bond acceptors (Lipinski definition) is 1. The van der Waals surface area contributed by atoms with Crippen LogP contribution in [-0.4, -0.2) is 10.5 Å². The van der Waals surface area contributed by atoms with Crippen molar-refractivity contribution in [2.75, 3.05) is 5.32 Å². The second-order valence-corrected chi connectivity index (χ2v) is 5.58. The molecule has 6 heteroatoms. The lowest BCUT2D eigenvalue weighted by Gasteiger charge is -2.19. The van der Waals surface area contributed by atoms with Gasteiger partial charge in [0.1, 0.15) is 17.5 Å². The Morgan fingerprint density at radius 2 is 1.68 bits per heavy atom. The van der Waals surface area contributed by atoms with Gasteiger partial charge in [0.15, 0.2) is 0 Å². The first-order valence-electron chi connectivity index (χ1n) is 7.66. The van der Waals surface area contributed by atoms with Crippen LogP contribution in [0.2, 0.25) is 0 Å². The fourth-order valence-electron chi connectivity index (χ4n) is 2.63. The maximum absolute atomic E-state index is 13.7. The number of anilines is 1. The van der Waals surface area contributed by atoms with Crippen molar-refractivity contribution in [1.82, 2.24) is 4.57 Å². The van der Waals surface area contributed by atoms with Crippen LogP contribution >= 0.6 is 0 Å². The lowest BCUT2D eigenvalue weighted by atomic mass is 10.0. The number of carbonyl (C=O) groups is 1. The van der Waals surface area contributed by atoms with Gasteiger partial charge in [-0.15, -0.1) is 0 Å². The van der Waals surface area contributed by atoms with Crippen LogP contribution in [0.15, 0.2) is 67.0 Å². The molecule has 0 saturated carbocycles. The van der Waals surface area contributed by atoms with E-state index in [4.69, 9.17) is 0 Å². The number of amides is 1. The zero-order valence-electron chi connectivity index (χ0n) is 13.1. The molecule has 3 nitrogen and oxygen atoms in total. The van der Waals surface area contributed by atoms with E-state index in [1.165, 1.54) is 12.1 Å². The Morgan fingerprint density at radius 3 is 2.36 bits per heavy atom. The third-order valence-corrected chi connectivity index (χ3v) is 3.80. The highest BCUT2D eigenvalue weighted by Crippen LogP contribution is 2.24. The van der Waals surface area contributed by atoms with E-state index in [0.29, 0.717) is 11.6 Å². The summed E-state index contributed by atoms with van der Waals surface area (Å²) in [5.41, 5.74) is 0.517. The molecule has 2 aromatic carbocycles. The molecule has 0 radical (unpaired) electrons. The van der Waals surface area contributed by atoms with E-state index in [0.717, 1.165) is 12.1 Å². The van der Waals surface area contributed by atoms with E-state index in [1.54, 1.807) is 41.2 Å². The highest BCUT2D eigenvalue weighted by Gasteiger charge is 2.19. The first-order chi connectivity index (χ1) is 12.0. The number of carbonyl (C=O) groups excluding carboxylic acids is 1. The van der Waals surface area contributed by atoms with E-state index >= 15 is 0 Å². The fraction of sp³-hybridized carbons (Fsp3) is 0.105. The summed E-state index contributed by atoms with van der Waals surface area (Å²) < 4.78 is 42.0. The van der Waals surface area contributed by atoms with Crippen LogP contribution in [0.5, 0.6) is 0 Å². The summed E-state index contributed by atoms with van der Waals surface area (Å²) >= 11 is 0. The molecule has 0 fully saturated rings. The van der Waals surface area contributed by atoms with Gasteiger partial charge >= 0.3 is 0 Å². The van der Waals surface area contributed by atoms with Gasteiger partial charge in [0.2, 0.25) is 5.91 Å². The van der Waals surface area contributed by atoms with Gasteiger partial charge in [-0.05, 0) is 42.0 Å². The monoisotopic (exact) mass is 344 g/mol. The lowest BCUT2D eigenvalue weighted by Crippen LogP contribution is -2.20. The molecule has 1 aromatic heterocycles. The fourth-order valence-corrected chi connectivity index (χ4v) is 2.63. The van der Waals surface area contributed by atoms with E-state index in [1.807, 2.05) is 0 Å². The van der Waals surface area contributed by atoms with Crippen molar-refractivity contribution in [3.8, 4) is 0 Å². The van der Waals surface area contributed by atoms with Gasteiger partial charge < -0.3 is 9.88 Å². The van der Waals surface area contributed by atoms with Gasteiger partial charge in [-0.3, -0.25) is 4.79 Å². The van der Waals surface area contributed by atoms with E-state index < -0.39 is 29.4 Å². The van der Waals surface area contributed by atoms with Crippen molar-refractivity contribution >= 4 is 11.6 Å². The SMILES string of the molecule is O=C(C[C@H](c1cccc(F)c1)n1cccc1)Nc1ccc(F)cc1F. The highest BCUT2D eigenvalue weighted by atomic mass is 19.1. The summed E-state index contributed by atoms with van der Waals surface area (Å²) in [7, 11) is 0. The summed E-state index contributed by atoms with van der Waals surface area (Å²) in [6.45, 7) is 0. The van der Waals surface area contributed by atoms with E-state index in [2.05, 4.69) is 5.32 Å². The van der Waals surface area contributed by atoms with Gasteiger partial charge in [0, 0.05) is 18.5 Å². The number of halogens is 3. The molecule has 1 amide bonds. The van der Waals surface area contributed by atoms with E-state index in [-0.39, 0.29) is 12.1 Å². The van der Waals surface area contributed by atoms with Crippen LogP contribution in [0.3, 0.4) is 0 Å². The maximum atomic E-state index is 13.7. The lowest BCUT2D eigenvalue weighted by molar-refractivity contribution is -0.116. The average molecular weight is 344 g/mol. The molecule has 25 heavy (non-hydrogen) atoms. The minimum atomic E-state index is -0.850. The molecule has 1 N–H and O–H groups in total. The van der Waals surface area contributed by atoms with Gasteiger partial charge in [-0.1, -0.05) is 12.1 Å². The van der Waals surface area contributed by atoms with Gasteiger partial charge in [-0.25, -0.2) is 13.2 Å². The third kappa shape index (κ3) is 4.09. The highest BCUT2D eigenvalue weighted by molar-refractivity contribution is 5.91. The molecule has 128 valence electrons. The predicted octanol–water partition coefficient (Wildman–Crippen LogP) is 4.52. The zero-order valence-corrected chi connectivity index (χ0v) is 13.1. The second kappa shape index (κ2) is 7.25. The molecule has 0 saturated heterocycles. The Balaban J connectivity index is 1.82. The smallest absolute Gasteiger partial charge is 0.226 e. The molecule has 0 aliphatic rings. The zero-order chi connectivity index (χ0) is 17.8. The number of hydrogen-bond donors (Lipinski definition) is 1. The largest absolute Gasteiger partial charge is 0.346 e. The molecule has 3 aromatic rings. The standard InChI is InChI=1S/C19H15F3N2O/c20-14-5-3-4-13(10-14)18(24-8-1-2-9-24)12-19(25)23-17-7-6-15(21)11-16(17)22/h1-11,18H,12H2,(H,23,25)/t18-/m1/s1. The molecule has 0 aliphatic heterocycles. The van der Waals surface area contributed by atoms with Crippen LogP contribution < -0.4 is 5.32 Å². The Hall–Kier alpha value is -3.02. The number of rotatable bonds is 5. The predicted molar refractivity (Wildman–Crippen MR) is 88.6 cm³/mol. The maximum Gasteiger partial charge on any atom is 0.226 e. The summed E-state index contributed by atoms with van der Waals surface area (Å²) in [5, 5.41) is 2.43. The molecule has 0 aliphatic carbocycles. The molecular weight excluding hydrogens is 329 g/mol. The molecule has 0 bridgehead atoms. The first-order valence-corrected chi connectivity index (χ1v) is 7.66. The first kappa shape index (κ1) is 16.8. The Kier molecular flexibility index (Phi) is 4.88. The van der Waals surface area contributed by atoms with Gasteiger partial charge in [-0.2, -0.15) is 0 Å². The topological polar surface area (TPSA) is 34.0 Å². The van der Waals surface area contributed by atoms with Crippen LogP contribution in [0, 0.1) is 17.5 Å². The summed E-state index contributed by atoms with van der Waals surface area (Å²) in [6.07, 6.45) is 3.50. The van der Waals surface area contributed by atoms with Crippen molar-refractivity contribution in [3.63, 3.8) is 0 Å². The Bertz CT molecular complexity index is 878. The Morgan fingerprint density at radius 1 is 0.960 bits per heavy atom. The Labute approximate surface area is 142 Å². The summed E-state index contributed by atoms with van der Waals surface area (Å²) in [6, 6.07) is 12.0. The molecule has 1 atom stereocenters. The van der Waals surface area contributed by atoms with Crippen LogP contribution in [0.1, 0.15) is 18.0 Å². The quantitative estimate of drug-likeness (QED) is 0.725. The molecule has 1 heterocycles. The van der Waals surface area contributed by atoms with Crippen molar-refractivity contribution in [2.45, 2.75) is 12.5 Å². The van der Waals surface area contributed by atoms with Crippen molar-refractivity contribution in [2.24, 2.45) is 0 Å². The van der Waals surface area contributed by atoms with Gasteiger partial charge in [0.05, 0.1) is 18.2 Å².